The molecular weight excluding hydrogens is 292 g/mol. The van der Waals surface area contributed by atoms with Gasteiger partial charge in [-0.15, -0.1) is 0 Å². The van der Waals surface area contributed by atoms with Crippen molar-refractivity contribution in [3.05, 3.63) is 18.2 Å². The van der Waals surface area contributed by atoms with Crippen LogP contribution in [0, 0.1) is 0 Å². The Hall–Kier alpha value is -1.80. The minimum absolute atomic E-state index is 0.00635. The smallest absolute Gasteiger partial charge is 0.242 e. The molecule has 1 heterocycles. The highest BCUT2D eigenvalue weighted by Crippen LogP contribution is 2.28. The fourth-order valence-corrected chi connectivity index (χ4v) is 3.10. The Kier molecular flexibility index (Phi) is 4.38. The van der Waals surface area contributed by atoms with E-state index in [9.17, 15) is 13.2 Å². The van der Waals surface area contributed by atoms with E-state index in [1.165, 1.54) is 20.2 Å². The average molecular weight is 312 g/mol. The maximum atomic E-state index is 12.2. The van der Waals surface area contributed by atoms with E-state index in [1.807, 2.05) is 4.90 Å². The number of carbonyl (C=O) groups excluding carboxylic acids is 1. The van der Waals surface area contributed by atoms with Crippen molar-refractivity contribution in [2.24, 2.45) is 0 Å². The molecule has 21 heavy (non-hydrogen) atoms. The van der Waals surface area contributed by atoms with Crippen LogP contribution in [0.2, 0.25) is 0 Å². The van der Waals surface area contributed by atoms with E-state index in [0.717, 1.165) is 4.31 Å². The first kappa shape index (κ1) is 15.6. The van der Waals surface area contributed by atoms with Crippen LogP contribution in [0.25, 0.3) is 0 Å². The lowest BCUT2D eigenvalue weighted by Gasteiger charge is -2.24. The van der Waals surface area contributed by atoms with Crippen LogP contribution >= 0.6 is 0 Å². The van der Waals surface area contributed by atoms with E-state index in [0.29, 0.717) is 37.4 Å². The Morgan fingerprint density at radius 2 is 2.00 bits per heavy atom. The normalized spacial score (nSPS) is 16.7. The van der Waals surface area contributed by atoms with Crippen molar-refractivity contribution in [2.75, 3.05) is 44.4 Å². The molecular formula is C13H20N4O3S. The molecule has 0 unspecified atom stereocenters. The maximum absolute atomic E-state index is 12.2. The van der Waals surface area contributed by atoms with Gasteiger partial charge < -0.3 is 16.0 Å². The summed E-state index contributed by atoms with van der Waals surface area (Å²) in [6.07, 6.45) is 0.365. The zero-order valence-corrected chi connectivity index (χ0v) is 13.0. The van der Waals surface area contributed by atoms with Crippen molar-refractivity contribution in [1.29, 1.82) is 0 Å². The van der Waals surface area contributed by atoms with Crippen LogP contribution in [0.15, 0.2) is 23.1 Å². The molecule has 1 aliphatic heterocycles. The Morgan fingerprint density at radius 1 is 1.29 bits per heavy atom. The standard InChI is InChI=1S/C13H20N4O3S/c1-16(2)21(19,20)10-3-4-11(14)12(9-10)17-7-5-13(18)15-6-8-17/h3-4,9H,5-8,14H2,1-2H3,(H,15,18). The van der Waals surface area contributed by atoms with Crippen molar-refractivity contribution in [3.63, 3.8) is 0 Å². The summed E-state index contributed by atoms with van der Waals surface area (Å²) >= 11 is 0. The van der Waals surface area contributed by atoms with Crippen LogP contribution in [0.3, 0.4) is 0 Å². The van der Waals surface area contributed by atoms with Crippen LogP contribution in [-0.4, -0.2) is 52.4 Å². The lowest BCUT2D eigenvalue weighted by atomic mass is 10.2. The third-order valence-corrected chi connectivity index (χ3v) is 5.24. The molecule has 116 valence electrons. The highest BCUT2D eigenvalue weighted by Gasteiger charge is 2.21. The van der Waals surface area contributed by atoms with Gasteiger partial charge in [-0.3, -0.25) is 4.79 Å². The van der Waals surface area contributed by atoms with Crippen LogP contribution < -0.4 is 16.0 Å². The zero-order valence-electron chi connectivity index (χ0n) is 12.2. The lowest BCUT2D eigenvalue weighted by Crippen LogP contribution is -2.29. The molecule has 0 atom stereocenters. The number of nitrogen functional groups attached to an aromatic ring is 1. The summed E-state index contributed by atoms with van der Waals surface area (Å²) < 4.78 is 25.6. The number of nitrogens with one attached hydrogen (secondary N) is 1. The van der Waals surface area contributed by atoms with Gasteiger partial charge in [-0.25, -0.2) is 12.7 Å². The van der Waals surface area contributed by atoms with Gasteiger partial charge in [0.1, 0.15) is 0 Å². The lowest BCUT2D eigenvalue weighted by molar-refractivity contribution is -0.120. The largest absolute Gasteiger partial charge is 0.397 e. The number of nitrogens with two attached hydrogens (primary N) is 1. The molecule has 7 nitrogen and oxygen atoms in total. The first-order chi connectivity index (χ1) is 9.82. The molecule has 0 bridgehead atoms. The van der Waals surface area contributed by atoms with E-state index in [4.69, 9.17) is 5.73 Å². The molecule has 0 saturated carbocycles. The summed E-state index contributed by atoms with van der Waals surface area (Å²) in [5.74, 6) is -0.00635. The Labute approximate surface area is 124 Å². The third-order valence-electron chi connectivity index (χ3n) is 3.43. The van der Waals surface area contributed by atoms with Crippen molar-refractivity contribution >= 4 is 27.3 Å². The molecule has 1 fully saturated rings. The van der Waals surface area contributed by atoms with Crippen LogP contribution in [0.1, 0.15) is 6.42 Å². The summed E-state index contributed by atoms with van der Waals surface area (Å²) in [5.41, 5.74) is 7.12. The van der Waals surface area contributed by atoms with E-state index in [-0.39, 0.29) is 10.8 Å². The van der Waals surface area contributed by atoms with Gasteiger partial charge in [0.05, 0.1) is 16.3 Å². The highest BCUT2D eigenvalue weighted by molar-refractivity contribution is 7.89. The summed E-state index contributed by atoms with van der Waals surface area (Å²) in [6, 6.07) is 4.65. The summed E-state index contributed by atoms with van der Waals surface area (Å²) in [7, 11) is -0.534. The molecule has 8 heteroatoms. The second kappa shape index (κ2) is 5.90. The molecule has 0 aliphatic carbocycles. The zero-order chi connectivity index (χ0) is 15.6. The first-order valence-corrected chi connectivity index (χ1v) is 8.10. The topological polar surface area (TPSA) is 95.7 Å². The van der Waals surface area contributed by atoms with Gasteiger partial charge in [0.25, 0.3) is 0 Å². The van der Waals surface area contributed by atoms with E-state index in [2.05, 4.69) is 5.32 Å². The molecule has 1 aromatic rings. The first-order valence-electron chi connectivity index (χ1n) is 6.66. The van der Waals surface area contributed by atoms with Crippen LogP contribution in [0.5, 0.6) is 0 Å². The second-order valence-electron chi connectivity index (χ2n) is 5.10. The van der Waals surface area contributed by atoms with Gasteiger partial charge >= 0.3 is 0 Å². The number of nitrogens with zero attached hydrogens (tertiary/aromatic N) is 2. The number of carbonyl (C=O) groups is 1. The second-order valence-corrected chi connectivity index (χ2v) is 7.25. The predicted octanol–water partition coefficient (Wildman–Crippen LogP) is -0.155. The van der Waals surface area contributed by atoms with Crippen molar-refractivity contribution in [3.8, 4) is 0 Å². The molecule has 1 aliphatic rings. The number of benzene rings is 1. The van der Waals surface area contributed by atoms with Gasteiger partial charge in [-0.1, -0.05) is 0 Å². The Morgan fingerprint density at radius 3 is 2.67 bits per heavy atom. The maximum Gasteiger partial charge on any atom is 0.242 e. The number of rotatable bonds is 3. The highest BCUT2D eigenvalue weighted by atomic mass is 32.2. The number of hydrogen-bond acceptors (Lipinski definition) is 5. The Bertz CT molecular complexity index is 643. The summed E-state index contributed by atoms with van der Waals surface area (Å²) in [4.78, 5) is 13.5. The number of sulfonamides is 1. The van der Waals surface area contributed by atoms with E-state index in [1.54, 1.807) is 12.1 Å². The monoisotopic (exact) mass is 312 g/mol. The minimum atomic E-state index is -3.51. The molecule has 0 spiro atoms. The molecule has 1 amide bonds. The molecule has 0 radical (unpaired) electrons. The summed E-state index contributed by atoms with van der Waals surface area (Å²) in [5, 5.41) is 2.78. The van der Waals surface area contributed by atoms with Crippen molar-refractivity contribution in [1.82, 2.24) is 9.62 Å². The van der Waals surface area contributed by atoms with Crippen molar-refractivity contribution < 1.29 is 13.2 Å². The van der Waals surface area contributed by atoms with Gasteiger partial charge in [0.15, 0.2) is 0 Å². The fraction of sp³-hybridized carbons (Fsp3) is 0.462. The fourth-order valence-electron chi connectivity index (χ4n) is 2.18. The number of hydrogen-bond donors (Lipinski definition) is 2. The molecule has 3 N–H and O–H groups in total. The van der Waals surface area contributed by atoms with Crippen molar-refractivity contribution in [2.45, 2.75) is 11.3 Å². The number of amides is 1. The molecule has 1 saturated heterocycles. The predicted molar refractivity (Wildman–Crippen MR) is 81.6 cm³/mol. The molecule has 1 aromatic carbocycles. The van der Waals surface area contributed by atoms with Gasteiger partial charge in [0.2, 0.25) is 15.9 Å². The third kappa shape index (κ3) is 3.27. The van der Waals surface area contributed by atoms with Gasteiger partial charge in [-0.05, 0) is 18.2 Å². The molecule has 2 rings (SSSR count). The SMILES string of the molecule is CN(C)S(=O)(=O)c1ccc(N)c(N2CCNC(=O)CC2)c1. The van der Waals surface area contributed by atoms with Gasteiger partial charge in [-0.2, -0.15) is 0 Å². The Balaban J connectivity index is 2.38. The van der Waals surface area contributed by atoms with Gasteiger partial charge in [0, 0.05) is 40.2 Å². The van der Waals surface area contributed by atoms with Crippen LogP contribution in [-0.2, 0) is 14.8 Å². The summed E-state index contributed by atoms with van der Waals surface area (Å²) in [6.45, 7) is 1.63. The van der Waals surface area contributed by atoms with Crippen LogP contribution in [0.4, 0.5) is 11.4 Å². The minimum Gasteiger partial charge on any atom is -0.397 e. The number of anilines is 2. The average Bonchev–Trinajstić information content (AvgIpc) is 2.63. The molecule has 0 aromatic heterocycles. The van der Waals surface area contributed by atoms with E-state index >= 15 is 0 Å². The van der Waals surface area contributed by atoms with E-state index < -0.39 is 10.0 Å². The quantitative estimate of drug-likeness (QED) is 0.757.